The first-order valence-corrected chi connectivity index (χ1v) is 10.2. The fourth-order valence-corrected chi connectivity index (χ4v) is 3.13. The molecule has 0 aliphatic carbocycles. The number of carbonyl (C=O) groups is 3. The van der Waals surface area contributed by atoms with E-state index in [1.54, 1.807) is 37.3 Å². The Morgan fingerprint density at radius 2 is 1.80 bits per heavy atom. The van der Waals surface area contributed by atoms with Gasteiger partial charge in [0.25, 0.3) is 5.91 Å². The quantitative estimate of drug-likeness (QED) is 0.587. The third-order valence-electron chi connectivity index (χ3n) is 3.95. The van der Waals surface area contributed by atoms with Gasteiger partial charge in [-0.1, -0.05) is 36.2 Å². The number of halogens is 2. The van der Waals surface area contributed by atoms with Crippen molar-refractivity contribution in [2.75, 3.05) is 30.3 Å². The van der Waals surface area contributed by atoms with Gasteiger partial charge in [-0.25, -0.2) is 4.79 Å². The van der Waals surface area contributed by atoms with Gasteiger partial charge in [-0.15, -0.1) is 0 Å². The lowest BCUT2D eigenvalue weighted by Crippen LogP contribution is -2.38. The fourth-order valence-electron chi connectivity index (χ4n) is 2.67. The van der Waals surface area contributed by atoms with Gasteiger partial charge in [-0.05, 0) is 49.7 Å². The molecule has 0 heterocycles. The number of carbonyl (C=O) groups excluding carboxylic acids is 3. The monoisotopic (exact) mass is 451 g/mol. The topological polar surface area (TPSA) is 87.7 Å². The van der Waals surface area contributed by atoms with Crippen LogP contribution in [0.4, 0.5) is 16.2 Å². The van der Waals surface area contributed by atoms with Gasteiger partial charge in [0.2, 0.25) is 5.91 Å². The summed E-state index contributed by atoms with van der Waals surface area (Å²) >= 11 is 12.0. The van der Waals surface area contributed by atoms with Gasteiger partial charge in [0.15, 0.2) is 0 Å². The Balaban J connectivity index is 2.10. The molecule has 0 aliphatic heterocycles. The van der Waals surface area contributed by atoms with E-state index in [1.807, 2.05) is 6.92 Å². The van der Waals surface area contributed by atoms with Gasteiger partial charge in [-0.2, -0.15) is 0 Å². The summed E-state index contributed by atoms with van der Waals surface area (Å²) in [5.74, 6) is -0.719. The third kappa shape index (κ3) is 6.93. The minimum atomic E-state index is -0.605. The van der Waals surface area contributed by atoms with Crippen LogP contribution in [0.25, 0.3) is 0 Å². The molecule has 2 N–H and O–H groups in total. The lowest BCUT2D eigenvalue weighted by atomic mass is 10.1. The van der Waals surface area contributed by atoms with Crippen LogP contribution >= 0.6 is 23.2 Å². The van der Waals surface area contributed by atoms with Crippen molar-refractivity contribution in [1.29, 1.82) is 0 Å². The average molecular weight is 452 g/mol. The van der Waals surface area contributed by atoms with Crippen LogP contribution in [0.15, 0.2) is 42.5 Å². The fraction of sp³-hybridized carbons (Fsp3) is 0.286. The van der Waals surface area contributed by atoms with Crippen molar-refractivity contribution in [3.63, 3.8) is 0 Å². The molecule has 0 unspecified atom stereocenters. The predicted octanol–water partition coefficient (Wildman–Crippen LogP) is 5.05. The number of ether oxygens (including phenoxy) is 1. The molecular formula is C21H23Cl2N3O4. The van der Waals surface area contributed by atoms with Crippen LogP contribution in [-0.4, -0.2) is 42.5 Å². The van der Waals surface area contributed by atoms with Gasteiger partial charge in [-0.3, -0.25) is 14.9 Å². The molecule has 2 rings (SSSR count). The molecule has 2 aromatic carbocycles. The van der Waals surface area contributed by atoms with Crippen molar-refractivity contribution in [2.24, 2.45) is 0 Å². The van der Waals surface area contributed by atoms with Crippen molar-refractivity contribution in [3.8, 4) is 0 Å². The van der Waals surface area contributed by atoms with E-state index in [-0.39, 0.29) is 25.0 Å². The van der Waals surface area contributed by atoms with Crippen molar-refractivity contribution < 1.29 is 19.1 Å². The summed E-state index contributed by atoms with van der Waals surface area (Å²) in [6.07, 6.45) is 0.0633. The highest BCUT2D eigenvalue weighted by atomic mass is 35.5. The maximum atomic E-state index is 13.0. The highest BCUT2D eigenvalue weighted by molar-refractivity contribution is 6.36. The first-order chi connectivity index (χ1) is 14.3. The number of rotatable bonds is 8. The van der Waals surface area contributed by atoms with Crippen LogP contribution < -0.4 is 10.6 Å². The third-order valence-corrected chi connectivity index (χ3v) is 4.50. The van der Waals surface area contributed by atoms with Gasteiger partial charge in [0, 0.05) is 22.8 Å². The second-order valence-electron chi connectivity index (χ2n) is 6.33. The Morgan fingerprint density at radius 3 is 2.47 bits per heavy atom. The number of hydrogen-bond acceptors (Lipinski definition) is 4. The smallest absolute Gasteiger partial charge is 0.411 e. The van der Waals surface area contributed by atoms with Crippen LogP contribution in [0.5, 0.6) is 0 Å². The molecule has 9 heteroatoms. The molecule has 0 atom stereocenters. The number of anilines is 2. The second kappa shape index (κ2) is 11.4. The molecule has 0 spiro atoms. The van der Waals surface area contributed by atoms with E-state index in [0.29, 0.717) is 39.9 Å². The number of hydrogen-bond donors (Lipinski definition) is 2. The van der Waals surface area contributed by atoms with E-state index in [9.17, 15) is 14.4 Å². The first kappa shape index (κ1) is 23.5. The molecule has 30 heavy (non-hydrogen) atoms. The van der Waals surface area contributed by atoms with Gasteiger partial charge in [0.05, 0.1) is 17.3 Å². The number of nitrogens with zero attached hydrogens (tertiary/aromatic N) is 1. The highest BCUT2D eigenvalue weighted by Gasteiger charge is 2.19. The summed E-state index contributed by atoms with van der Waals surface area (Å²) in [6.45, 7) is 4.08. The Morgan fingerprint density at radius 1 is 1.03 bits per heavy atom. The molecule has 2 aromatic rings. The summed E-state index contributed by atoms with van der Waals surface area (Å²) in [7, 11) is 0. The number of nitrogens with one attached hydrogen (secondary N) is 2. The van der Waals surface area contributed by atoms with E-state index in [0.717, 1.165) is 0 Å². The largest absolute Gasteiger partial charge is 0.450 e. The minimum Gasteiger partial charge on any atom is -0.450 e. The van der Waals surface area contributed by atoms with Crippen molar-refractivity contribution >= 4 is 52.5 Å². The van der Waals surface area contributed by atoms with E-state index < -0.39 is 6.09 Å². The summed E-state index contributed by atoms with van der Waals surface area (Å²) < 4.78 is 4.84. The van der Waals surface area contributed by atoms with Crippen molar-refractivity contribution in [2.45, 2.75) is 20.3 Å². The van der Waals surface area contributed by atoms with Crippen LogP contribution in [0, 0.1) is 0 Å². The molecular weight excluding hydrogens is 429 g/mol. The number of benzene rings is 2. The predicted molar refractivity (Wildman–Crippen MR) is 118 cm³/mol. The molecule has 0 bridgehead atoms. The molecule has 160 valence electrons. The average Bonchev–Trinajstić information content (AvgIpc) is 2.69. The van der Waals surface area contributed by atoms with Crippen molar-refractivity contribution in [3.05, 3.63) is 58.1 Å². The Kier molecular flexibility index (Phi) is 8.95. The standard InChI is InChI=1S/C21H23Cl2N3O4/c1-3-10-26(13-19(27)25-18-9-8-15(22)12-17(18)23)20(28)14-6-5-7-16(11-14)24-21(29)30-4-2/h5-9,11-12H,3-4,10,13H2,1-2H3,(H,24,29)(H,25,27). The SMILES string of the molecule is CCCN(CC(=O)Nc1ccc(Cl)cc1Cl)C(=O)c1cccc(NC(=O)OCC)c1. The summed E-state index contributed by atoms with van der Waals surface area (Å²) in [5.41, 5.74) is 1.18. The molecule has 0 saturated heterocycles. The Hall–Kier alpha value is -2.77. The molecule has 0 fully saturated rings. The summed E-state index contributed by atoms with van der Waals surface area (Å²) in [5, 5.41) is 6.01. The molecule has 0 saturated carbocycles. The van der Waals surface area contributed by atoms with E-state index >= 15 is 0 Å². The molecule has 0 aliphatic rings. The van der Waals surface area contributed by atoms with Crippen LogP contribution in [0.2, 0.25) is 10.0 Å². The van der Waals surface area contributed by atoms with Crippen LogP contribution in [0.3, 0.4) is 0 Å². The molecule has 0 radical (unpaired) electrons. The minimum absolute atomic E-state index is 0.152. The van der Waals surface area contributed by atoms with Crippen LogP contribution in [0.1, 0.15) is 30.6 Å². The molecule has 0 aromatic heterocycles. The summed E-state index contributed by atoms with van der Waals surface area (Å²) in [6, 6.07) is 11.2. The Labute approximate surface area is 185 Å². The van der Waals surface area contributed by atoms with E-state index in [4.69, 9.17) is 27.9 Å². The lowest BCUT2D eigenvalue weighted by Gasteiger charge is -2.22. The highest BCUT2D eigenvalue weighted by Crippen LogP contribution is 2.25. The lowest BCUT2D eigenvalue weighted by molar-refractivity contribution is -0.116. The zero-order valence-electron chi connectivity index (χ0n) is 16.7. The summed E-state index contributed by atoms with van der Waals surface area (Å²) in [4.78, 5) is 38.5. The van der Waals surface area contributed by atoms with Gasteiger partial charge in [0.1, 0.15) is 6.54 Å². The Bertz CT molecular complexity index is 921. The van der Waals surface area contributed by atoms with Crippen molar-refractivity contribution in [1.82, 2.24) is 4.90 Å². The zero-order chi connectivity index (χ0) is 22.1. The van der Waals surface area contributed by atoms with Gasteiger partial charge >= 0.3 is 6.09 Å². The zero-order valence-corrected chi connectivity index (χ0v) is 18.2. The number of amides is 3. The maximum Gasteiger partial charge on any atom is 0.411 e. The molecule has 7 nitrogen and oxygen atoms in total. The first-order valence-electron chi connectivity index (χ1n) is 9.42. The van der Waals surface area contributed by atoms with Gasteiger partial charge < -0.3 is 15.0 Å². The van der Waals surface area contributed by atoms with E-state index in [1.165, 1.54) is 17.0 Å². The van der Waals surface area contributed by atoms with E-state index in [2.05, 4.69) is 10.6 Å². The normalized spacial score (nSPS) is 10.3. The maximum absolute atomic E-state index is 13.0. The van der Waals surface area contributed by atoms with Crippen LogP contribution in [-0.2, 0) is 9.53 Å². The molecule has 3 amide bonds. The second-order valence-corrected chi connectivity index (χ2v) is 7.17.